The molecule has 3 aromatic carbocycles. The van der Waals surface area contributed by atoms with E-state index >= 15 is 0 Å². The van der Waals surface area contributed by atoms with Crippen LogP contribution in [0.5, 0.6) is 11.5 Å². The molecule has 3 rings (SSSR count). The van der Waals surface area contributed by atoms with Gasteiger partial charge in [0.2, 0.25) is 11.5 Å². The first-order chi connectivity index (χ1) is 14.3. The lowest BCUT2D eigenvalue weighted by Gasteiger charge is -2.15. The number of benzene rings is 3. The van der Waals surface area contributed by atoms with Crippen molar-refractivity contribution in [2.75, 3.05) is 0 Å². The highest BCUT2D eigenvalue weighted by atomic mass is 32.2. The van der Waals surface area contributed by atoms with Crippen LogP contribution in [0.25, 0.3) is 0 Å². The molecule has 0 aliphatic rings. The van der Waals surface area contributed by atoms with Gasteiger partial charge in [0.15, 0.2) is 0 Å². The van der Waals surface area contributed by atoms with Gasteiger partial charge in [-0.25, -0.2) is 0 Å². The molecule has 10 heteroatoms. The second-order valence-electron chi connectivity index (χ2n) is 5.74. The third-order valence-corrected chi connectivity index (χ3v) is 6.27. The maximum absolute atomic E-state index is 12.6. The van der Waals surface area contributed by atoms with Crippen molar-refractivity contribution in [1.29, 1.82) is 10.5 Å². The molecule has 0 atom stereocenters. The molecule has 0 heterocycles. The number of nitriles is 2. The zero-order valence-corrected chi connectivity index (χ0v) is 16.7. The Balaban J connectivity index is 2.16. The average Bonchev–Trinajstić information content (AvgIpc) is 2.75. The second-order valence-corrected chi connectivity index (χ2v) is 8.84. The largest absolute Gasteiger partial charge is 0.373 e. The van der Waals surface area contributed by atoms with E-state index in [-0.39, 0.29) is 20.9 Å². The Labute approximate surface area is 173 Å². The molecular formula is C20H12N2O6S2. The van der Waals surface area contributed by atoms with E-state index in [1.165, 1.54) is 48.5 Å². The van der Waals surface area contributed by atoms with E-state index in [2.05, 4.69) is 0 Å². The van der Waals surface area contributed by atoms with Crippen LogP contribution >= 0.6 is 0 Å². The molecule has 0 saturated heterocycles. The van der Waals surface area contributed by atoms with Gasteiger partial charge in [0, 0.05) is 0 Å². The SMILES string of the molecule is N#Cc1ccc(C#N)c(OS(=O)(=O)c2ccccc2)c1OS(=O)(=O)c1ccccc1. The molecule has 0 aromatic heterocycles. The summed E-state index contributed by atoms with van der Waals surface area (Å²) in [6.45, 7) is 0. The monoisotopic (exact) mass is 440 g/mol. The zero-order valence-electron chi connectivity index (χ0n) is 15.1. The predicted octanol–water partition coefficient (Wildman–Crippen LogP) is 2.97. The van der Waals surface area contributed by atoms with E-state index in [0.717, 1.165) is 12.1 Å². The standard InChI is InChI=1S/C20H12N2O6S2/c21-13-15-11-12-16(14-22)20(28-30(25,26)18-9-5-2-6-10-18)19(15)27-29(23,24)17-7-3-1-4-8-17/h1-12H. The molecule has 3 aromatic rings. The van der Waals surface area contributed by atoms with E-state index in [4.69, 9.17) is 8.37 Å². The fraction of sp³-hybridized carbons (Fsp3) is 0. The molecule has 0 unspecified atom stereocenters. The summed E-state index contributed by atoms with van der Waals surface area (Å²) >= 11 is 0. The van der Waals surface area contributed by atoms with Gasteiger partial charge in [0.1, 0.15) is 21.9 Å². The van der Waals surface area contributed by atoms with Crippen LogP contribution in [-0.4, -0.2) is 16.8 Å². The molecule has 8 nitrogen and oxygen atoms in total. The number of hydrogen-bond acceptors (Lipinski definition) is 8. The van der Waals surface area contributed by atoms with Gasteiger partial charge in [-0.05, 0) is 36.4 Å². The minimum absolute atomic E-state index is 0.229. The highest BCUT2D eigenvalue weighted by Crippen LogP contribution is 2.38. The summed E-state index contributed by atoms with van der Waals surface area (Å²) in [7, 11) is -8.90. The van der Waals surface area contributed by atoms with Crippen molar-refractivity contribution in [3.05, 3.63) is 83.9 Å². The highest BCUT2D eigenvalue weighted by Gasteiger charge is 2.28. The Morgan fingerprint density at radius 3 is 1.20 bits per heavy atom. The van der Waals surface area contributed by atoms with Gasteiger partial charge in [-0.15, -0.1) is 0 Å². The fourth-order valence-electron chi connectivity index (χ4n) is 2.39. The molecule has 0 aliphatic heterocycles. The second kappa shape index (κ2) is 8.25. The van der Waals surface area contributed by atoms with Gasteiger partial charge in [-0.1, -0.05) is 36.4 Å². The molecule has 0 bridgehead atoms. The van der Waals surface area contributed by atoms with Crippen LogP contribution in [0.1, 0.15) is 11.1 Å². The smallest absolute Gasteiger partial charge is 0.339 e. The number of rotatable bonds is 6. The predicted molar refractivity (Wildman–Crippen MR) is 104 cm³/mol. The van der Waals surface area contributed by atoms with Crippen molar-refractivity contribution in [3.63, 3.8) is 0 Å². The maximum atomic E-state index is 12.6. The van der Waals surface area contributed by atoms with Crippen molar-refractivity contribution >= 4 is 20.2 Å². The minimum Gasteiger partial charge on any atom is -0.373 e. The lowest BCUT2D eigenvalue weighted by atomic mass is 10.1. The fourth-order valence-corrected chi connectivity index (χ4v) is 4.34. The molecule has 0 amide bonds. The number of nitrogens with zero attached hydrogens (tertiary/aromatic N) is 2. The Morgan fingerprint density at radius 2 is 0.900 bits per heavy atom. The van der Waals surface area contributed by atoms with Crippen LogP contribution < -0.4 is 8.37 Å². The van der Waals surface area contributed by atoms with Crippen LogP contribution in [0.3, 0.4) is 0 Å². The van der Waals surface area contributed by atoms with Gasteiger partial charge in [-0.3, -0.25) is 0 Å². The van der Waals surface area contributed by atoms with Crippen molar-refractivity contribution < 1.29 is 25.2 Å². The molecular weight excluding hydrogens is 428 g/mol. The van der Waals surface area contributed by atoms with Crippen LogP contribution in [-0.2, 0) is 20.2 Å². The molecule has 0 saturated carbocycles. The normalized spacial score (nSPS) is 11.1. The molecule has 0 N–H and O–H groups in total. The first-order valence-corrected chi connectivity index (χ1v) is 11.1. The van der Waals surface area contributed by atoms with Crippen molar-refractivity contribution in [3.8, 4) is 23.6 Å². The molecule has 0 spiro atoms. The van der Waals surface area contributed by atoms with Crippen LogP contribution in [0.4, 0.5) is 0 Å². The summed E-state index contributed by atoms with van der Waals surface area (Å²) in [5.41, 5.74) is -0.654. The number of hydrogen-bond donors (Lipinski definition) is 0. The van der Waals surface area contributed by atoms with Crippen molar-refractivity contribution in [2.45, 2.75) is 9.79 Å². The van der Waals surface area contributed by atoms with Gasteiger partial charge in [0.25, 0.3) is 0 Å². The third kappa shape index (κ3) is 4.25. The summed E-state index contributed by atoms with van der Waals surface area (Å²) in [5, 5.41) is 18.8. The summed E-state index contributed by atoms with van der Waals surface area (Å²) in [4.78, 5) is -0.457. The van der Waals surface area contributed by atoms with Gasteiger partial charge in [0.05, 0.1) is 11.1 Å². The van der Waals surface area contributed by atoms with E-state index in [9.17, 15) is 27.4 Å². The Morgan fingerprint density at radius 1 is 0.567 bits per heavy atom. The van der Waals surface area contributed by atoms with Crippen molar-refractivity contribution in [1.82, 2.24) is 0 Å². The zero-order chi connectivity index (χ0) is 21.8. The topological polar surface area (TPSA) is 134 Å². The summed E-state index contributed by atoms with van der Waals surface area (Å²) in [5.74, 6) is -1.39. The summed E-state index contributed by atoms with van der Waals surface area (Å²) in [6, 6.07) is 19.8. The lowest BCUT2D eigenvalue weighted by molar-refractivity contribution is 0.448. The van der Waals surface area contributed by atoms with Crippen molar-refractivity contribution in [2.24, 2.45) is 0 Å². The molecule has 0 aliphatic carbocycles. The van der Waals surface area contributed by atoms with Gasteiger partial charge in [-0.2, -0.15) is 27.4 Å². The molecule has 0 fully saturated rings. The Bertz CT molecular complexity index is 1260. The molecule has 30 heavy (non-hydrogen) atoms. The quantitative estimate of drug-likeness (QED) is 0.534. The molecule has 0 radical (unpaired) electrons. The summed E-state index contributed by atoms with van der Waals surface area (Å²) in [6.07, 6.45) is 0. The minimum atomic E-state index is -4.45. The van der Waals surface area contributed by atoms with Crippen LogP contribution in [0.2, 0.25) is 0 Å². The van der Waals surface area contributed by atoms with E-state index < -0.39 is 31.7 Å². The lowest BCUT2D eigenvalue weighted by Crippen LogP contribution is -2.15. The first-order valence-electron chi connectivity index (χ1n) is 8.25. The van der Waals surface area contributed by atoms with E-state index in [1.54, 1.807) is 24.3 Å². The average molecular weight is 440 g/mol. The van der Waals surface area contributed by atoms with Gasteiger partial charge < -0.3 is 8.37 Å². The van der Waals surface area contributed by atoms with E-state index in [1.807, 2.05) is 0 Å². The van der Waals surface area contributed by atoms with Crippen LogP contribution in [0, 0.1) is 22.7 Å². The highest BCUT2D eigenvalue weighted by molar-refractivity contribution is 7.87. The van der Waals surface area contributed by atoms with E-state index in [0.29, 0.717) is 0 Å². The third-order valence-electron chi connectivity index (χ3n) is 3.80. The Kier molecular flexibility index (Phi) is 5.74. The Hall–Kier alpha value is -3.86. The first kappa shape index (κ1) is 20.9. The summed E-state index contributed by atoms with van der Waals surface area (Å²) < 4.78 is 60.7. The maximum Gasteiger partial charge on any atom is 0.339 e. The van der Waals surface area contributed by atoms with Crippen LogP contribution in [0.15, 0.2) is 82.6 Å². The molecule has 150 valence electrons. The van der Waals surface area contributed by atoms with Gasteiger partial charge >= 0.3 is 20.2 Å².